The number of carboxylic acid groups (broad SMARTS) is 1. The standard InChI is InChI=1S/C12H23NO4S/c1-10-5-7-11(8-6-10)13(2)18(16,17)9-3-4-12(14)15/h10-11H,3-9H2,1-2H3,(H,14,15). The lowest BCUT2D eigenvalue weighted by atomic mass is 9.87. The van der Waals surface area contributed by atoms with Crippen LogP contribution in [0.4, 0.5) is 0 Å². The van der Waals surface area contributed by atoms with E-state index in [0.29, 0.717) is 5.92 Å². The maximum atomic E-state index is 12.0. The summed E-state index contributed by atoms with van der Waals surface area (Å²) in [6, 6.07) is 0.0935. The number of rotatable bonds is 6. The second-order valence-corrected chi connectivity index (χ2v) is 7.39. The Morgan fingerprint density at radius 1 is 1.28 bits per heavy atom. The van der Waals surface area contributed by atoms with Crippen LogP contribution in [0, 0.1) is 5.92 Å². The van der Waals surface area contributed by atoms with Gasteiger partial charge in [-0.3, -0.25) is 4.79 Å². The molecule has 0 aromatic carbocycles. The molecule has 0 aliphatic heterocycles. The first-order chi connectivity index (χ1) is 8.33. The summed E-state index contributed by atoms with van der Waals surface area (Å²) < 4.78 is 25.5. The number of sulfonamides is 1. The van der Waals surface area contributed by atoms with E-state index in [1.807, 2.05) is 0 Å². The molecule has 0 atom stereocenters. The van der Waals surface area contributed by atoms with Crippen molar-refractivity contribution in [2.75, 3.05) is 12.8 Å². The maximum Gasteiger partial charge on any atom is 0.303 e. The Kier molecular flexibility index (Phi) is 5.59. The highest BCUT2D eigenvalue weighted by Crippen LogP contribution is 2.27. The van der Waals surface area contributed by atoms with Crippen molar-refractivity contribution in [1.29, 1.82) is 0 Å². The van der Waals surface area contributed by atoms with E-state index in [1.165, 1.54) is 4.31 Å². The first-order valence-electron chi connectivity index (χ1n) is 6.50. The first-order valence-corrected chi connectivity index (χ1v) is 8.11. The zero-order valence-corrected chi connectivity index (χ0v) is 11.9. The molecule has 6 heteroatoms. The zero-order chi connectivity index (χ0) is 13.8. The molecular formula is C12H23NO4S. The molecule has 1 aliphatic carbocycles. The summed E-state index contributed by atoms with van der Waals surface area (Å²) in [4.78, 5) is 10.4. The molecule has 1 saturated carbocycles. The SMILES string of the molecule is CC1CCC(N(C)S(=O)(=O)CCCC(=O)O)CC1. The van der Waals surface area contributed by atoms with Crippen LogP contribution in [-0.2, 0) is 14.8 Å². The Bertz CT molecular complexity index is 372. The number of hydrogen-bond donors (Lipinski definition) is 1. The van der Waals surface area contributed by atoms with Crippen molar-refractivity contribution >= 4 is 16.0 Å². The van der Waals surface area contributed by atoms with Gasteiger partial charge in [0.05, 0.1) is 5.75 Å². The van der Waals surface area contributed by atoms with Gasteiger partial charge in [0.1, 0.15) is 0 Å². The van der Waals surface area contributed by atoms with Crippen LogP contribution < -0.4 is 0 Å². The van der Waals surface area contributed by atoms with Gasteiger partial charge < -0.3 is 5.11 Å². The lowest BCUT2D eigenvalue weighted by molar-refractivity contribution is -0.137. The number of aliphatic carboxylic acids is 1. The van der Waals surface area contributed by atoms with Gasteiger partial charge in [-0.05, 0) is 38.0 Å². The van der Waals surface area contributed by atoms with Crippen LogP contribution in [0.5, 0.6) is 0 Å². The lowest BCUT2D eigenvalue weighted by Crippen LogP contribution is -2.40. The van der Waals surface area contributed by atoms with E-state index >= 15 is 0 Å². The van der Waals surface area contributed by atoms with Crippen LogP contribution in [0.25, 0.3) is 0 Å². The van der Waals surface area contributed by atoms with Crippen LogP contribution in [0.2, 0.25) is 0 Å². The number of nitrogens with zero attached hydrogens (tertiary/aromatic N) is 1. The molecule has 0 heterocycles. The van der Waals surface area contributed by atoms with Crippen molar-refractivity contribution in [3.8, 4) is 0 Å². The third-order valence-electron chi connectivity index (χ3n) is 3.73. The summed E-state index contributed by atoms with van der Waals surface area (Å²) >= 11 is 0. The highest BCUT2D eigenvalue weighted by atomic mass is 32.2. The molecule has 0 spiro atoms. The van der Waals surface area contributed by atoms with E-state index in [4.69, 9.17) is 5.11 Å². The summed E-state index contributed by atoms with van der Waals surface area (Å²) in [5, 5.41) is 8.52. The van der Waals surface area contributed by atoms with Gasteiger partial charge in [-0.15, -0.1) is 0 Å². The second-order valence-electron chi connectivity index (χ2n) is 5.24. The lowest BCUT2D eigenvalue weighted by Gasteiger charge is -2.32. The van der Waals surface area contributed by atoms with Crippen LogP contribution in [0.15, 0.2) is 0 Å². The zero-order valence-electron chi connectivity index (χ0n) is 11.1. The molecule has 0 aromatic heterocycles. The van der Waals surface area contributed by atoms with E-state index in [2.05, 4.69) is 6.92 Å². The van der Waals surface area contributed by atoms with Crippen molar-refractivity contribution in [3.63, 3.8) is 0 Å². The molecule has 1 fully saturated rings. The quantitative estimate of drug-likeness (QED) is 0.801. The van der Waals surface area contributed by atoms with Crippen LogP contribution in [0.3, 0.4) is 0 Å². The molecule has 0 unspecified atom stereocenters. The van der Waals surface area contributed by atoms with Gasteiger partial charge in [0, 0.05) is 19.5 Å². The Labute approximate surface area is 109 Å². The molecule has 0 aromatic rings. The normalized spacial score (nSPS) is 25.3. The predicted molar refractivity (Wildman–Crippen MR) is 69.8 cm³/mol. The van der Waals surface area contributed by atoms with E-state index in [-0.39, 0.29) is 24.6 Å². The van der Waals surface area contributed by atoms with Gasteiger partial charge in [0.2, 0.25) is 10.0 Å². The molecule has 0 radical (unpaired) electrons. The smallest absolute Gasteiger partial charge is 0.303 e. The minimum atomic E-state index is -3.30. The van der Waals surface area contributed by atoms with Crippen molar-refractivity contribution in [1.82, 2.24) is 4.31 Å². The first kappa shape index (κ1) is 15.4. The summed E-state index contributed by atoms with van der Waals surface area (Å²) in [6.45, 7) is 2.19. The number of hydrogen-bond acceptors (Lipinski definition) is 3. The van der Waals surface area contributed by atoms with Crippen LogP contribution in [-0.4, -0.2) is 42.6 Å². The summed E-state index contributed by atoms with van der Waals surface area (Å²) in [6.07, 6.45) is 4.06. The van der Waals surface area contributed by atoms with Gasteiger partial charge in [-0.2, -0.15) is 0 Å². The Balaban J connectivity index is 2.48. The summed E-state index contributed by atoms with van der Waals surface area (Å²) in [5.41, 5.74) is 0. The number of carboxylic acids is 1. The minimum Gasteiger partial charge on any atom is -0.481 e. The molecule has 1 aliphatic rings. The molecule has 0 bridgehead atoms. The third kappa shape index (κ3) is 4.57. The molecule has 106 valence electrons. The fourth-order valence-electron chi connectivity index (χ4n) is 2.38. The molecule has 1 N–H and O–H groups in total. The fraction of sp³-hybridized carbons (Fsp3) is 0.917. The fourth-order valence-corrected chi connectivity index (χ4v) is 3.85. The van der Waals surface area contributed by atoms with E-state index in [0.717, 1.165) is 25.7 Å². The number of carbonyl (C=O) groups is 1. The largest absolute Gasteiger partial charge is 0.481 e. The third-order valence-corrected chi connectivity index (χ3v) is 5.71. The highest BCUT2D eigenvalue weighted by molar-refractivity contribution is 7.89. The second kappa shape index (κ2) is 6.52. The Morgan fingerprint density at radius 2 is 1.83 bits per heavy atom. The van der Waals surface area contributed by atoms with Crippen molar-refractivity contribution in [2.45, 2.75) is 51.5 Å². The molecule has 1 rings (SSSR count). The van der Waals surface area contributed by atoms with E-state index in [1.54, 1.807) is 7.05 Å². The van der Waals surface area contributed by atoms with Gasteiger partial charge in [0.25, 0.3) is 0 Å². The minimum absolute atomic E-state index is 0.0676. The maximum absolute atomic E-state index is 12.0. The molecule has 5 nitrogen and oxygen atoms in total. The van der Waals surface area contributed by atoms with Gasteiger partial charge in [-0.1, -0.05) is 6.92 Å². The van der Waals surface area contributed by atoms with Gasteiger partial charge >= 0.3 is 5.97 Å². The van der Waals surface area contributed by atoms with Crippen LogP contribution in [0.1, 0.15) is 45.4 Å². The van der Waals surface area contributed by atoms with E-state index in [9.17, 15) is 13.2 Å². The van der Waals surface area contributed by atoms with Crippen molar-refractivity contribution in [3.05, 3.63) is 0 Å². The van der Waals surface area contributed by atoms with Gasteiger partial charge in [-0.25, -0.2) is 12.7 Å². The molecule has 18 heavy (non-hydrogen) atoms. The monoisotopic (exact) mass is 277 g/mol. The molecule has 0 saturated heterocycles. The highest BCUT2D eigenvalue weighted by Gasteiger charge is 2.28. The van der Waals surface area contributed by atoms with Gasteiger partial charge in [0.15, 0.2) is 0 Å². The van der Waals surface area contributed by atoms with Crippen LogP contribution >= 0.6 is 0 Å². The topological polar surface area (TPSA) is 74.7 Å². The average molecular weight is 277 g/mol. The van der Waals surface area contributed by atoms with Crippen molar-refractivity contribution in [2.24, 2.45) is 5.92 Å². The molecular weight excluding hydrogens is 254 g/mol. The summed E-state index contributed by atoms with van der Waals surface area (Å²) in [7, 11) is -1.68. The van der Waals surface area contributed by atoms with E-state index < -0.39 is 16.0 Å². The summed E-state index contributed by atoms with van der Waals surface area (Å²) in [5.74, 6) is -0.328. The Hall–Kier alpha value is -0.620. The molecule has 0 amide bonds. The predicted octanol–water partition coefficient (Wildman–Crippen LogP) is 1.69. The van der Waals surface area contributed by atoms with Crippen molar-refractivity contribution < 1.29 is 18.3 Å². The average Bonchev–Trinajstić information content (AvgIpc) is 2.28. The Morgan fingerprint density at radius 3 is 2.33 bits per heavy atom.